The number of sulfone groups is 1. The fraction of sp³-hybridized carbons (Fsp3) is 0.480. The maximum atomic E-state index is 13.3. The van der Waals surface area contributed by atoms with E-state index in [1.165, 1.54) is 4.68 Å². The predicted octanol–water partition coefficient (Wildman–Crippen LogP) is 0.941. The summed E-state index contributed by atoms with van der Waals surface area (Å²) in [5, 5.41) is 15.5. The number of nitrogens with one attached hydrogen (secondary N) is 1. The second-order valence-electron chi connectivity index (χ2n) is 9.91. The number of hydrogen-bond acceptors (Lipinski definition) is 7. The second-order valence-corrected chi connectivity index (χ2v) is 12.5. The molecule has 0 atom stereocenters. The van der Waals surface area contributed by atoms with Gasteiger partial charge in [-0.15, -0.1) is 0 Å². The Balaban J connectivity index is 1.23. The third-order valence-electron chi connectivity index (χ3n) is 7.27. The summed E-state index contributed by atoms with van der Waals surface area (Å²) in [6.07, 6.45) is 3.08. The molecule has 2 aliphatic carbocycles. The third kappa shape index (κ3) is 4.30. The molecule has 0 unspecified atom stereocenters. The van der Waals surface area contributed by atoms with E-state index in [0.29, 0.717) is 49.8 Å². The quantitative estimate of drug-likeness (QED) is 0.530. The van der Waals surface area contributed by atoms with Crippen LogP contribution < -0.4 is 5.32 Å². The number of rotatable bonds is 9. The van der Waals surface area contributed by atoms with Gasteiger partial charge in [0.2, 0.25) is 0 Å². The molecular formula is C25H27N5O5S. The highest BCUT2D eigenvalue weighted by molar-refractivity contribution is 7.94. The number of fused-ring (bicyclic) bond motifs is 1. The molecule has 36 heavy (non-hydrogen) atoms. The van der Waals surface area contributed by atoms with E-state index in [1.54, 1.807) is 36.2 Å². The highest BCUT2D eigenvalue weighted by Crippen LogP contribution is 2.50. The topological polar surface area (TPSA) is 142 Å². The summed E-state index contributed by atoms with van der Waals surface area (Å²) in [7, 11) is -1.66. The Morgan fingerprint density at radius 3 is 2.53 bits per heavy atom. The molecule has 188 valence electrons. The van der Waals surface area contributed by atoms with Crippen LogP contribution in [0.3, 0.4) is 0 Å². The van der Waals surface area contributed by atoms with E-state index in [4.69, 9.17) is 5.26 Å². The number of ketones is 1. The van der Waals surface area contributed by atoms with Crippen molar-refractivity contribution in [3.05, 3.63) is 52.3 Å². The Morgan fingerprint density at radius 1 is 1.22 bits per heavy atom. The number of benzene rings is 1. The van der Waals surface area contributed by atoms with Crippen LogP contribution in [0.5, 0.6) is 0 Å². The number of aromatic nitrogens is 2. The van der Waals surface area contributed by atoms with Crippen LogP contribution in [-0.2, 0) is 34.5 Å². The lowest BCUT2D eigenvalue weighted by atomic mass is 10.0. The van der Waals surface area contributed by atoms with Gasteiger partial charge < -0.3 is 10.2 Å². The number of hydrogen-bond donors (Lipinski definition) is 1. The summed E-state index contributed by atoms with van der Waals surface area (Å²) in [5.74, 6) is -1.05. The van der Waals surface area contributed by atoms with Crippen molar-refractivity contribution in [2.45, 2.75) is 48.5 Å². The molecule has 3 aliphatic rings. The largest absolute Gasteiger partial charge is 0.344 e. The normalized spacial score (nSPS) is 18.3. The van der Waals surface area contributed by atoms with Crippen molar-refractivity contribution in [2.24, 2.45) is 7.05 Å². The summed E-state index contributed by atoms with van der Waals surface area (Å²) in [6.45, 7) is 0.309. The number of Topliss-reactive ketones (excluding diaryl/α,β-unsaturated/α-hetero) is 1. The van der Waals surface area contributed by atoms with E-state index < -0.39 is 20.5 Å². The van der Waals surface area contributed by atoms with E-state index in [9.17, 15) is 22.8 Å². The maximum Gasteiger partial charge on any atom is 0.272 e. The molecule has 2 fully saturated rings. The zero-order chi connectivity index (χ0) is 25.7. The van der Waals surface area contributed by atoms with Crippen molar-refractivity contribution in [3.63, 3.8) is 0 Å². The maximum absolute atomic E-state index is 13.3. The van der Waals surface area contributed by atoms with Crippen molar-refractivity contribution >= 4 is 27.4 Å². The molecule has 1 aromatic heterocycles. The first-order valence-corrected chi connectivity index (χ1v) is 13.6. The Hall–Kier alpha value is -3.52. The second kappa shape index (κ2) is 8.85. The molecule has 2 heterocycles. The lowest BCUT2D eigenvalue weighted by Gasteiger charge is -2.31. The first-order valence-electron chi connectivity index (χ1n) is 12.0. The molecule has 11 heteroatoms. The van der Waals surface area contributed by atoms with Crippen LogP contribution in [0, 0.1) is 11.3 Å². The van der Waals surface area contributed by atoms with Gasteiger partial charge in [-0.3, -0.25) is 19.1 Å². The van der Waals surface area contributed by atoms with Gasteiger partial charge in [-0.05, 0) is 49.8 Å². The molecule has 5 rings (SSSR count). The first kappa shape index (κ1) is 24.2. The van der Waals surface area contributed by atoms with Crippen LogP contribution in [0.25, 0.3) is 0 Å². The van der Waals surface area contributed by atoms with Crippen LogP contribution >= 0.6 is 0 Å². The van der Waals surface area contributed by atoms with Gasteiger partial charge in [0.15, 0.2) is 21.3 Å². The predicted molar refractivity (Wildman–Crippen MR) is 129 cm³/mol. The Kier molecular flexibility index (Phi) is 5.95. The number of aryl methyl sites for hydroxylation is 1. The Bertz CT molecular complexity index is 1400. The summed E-state index contributed by atoms with van der Waals surface area (Å²) >= 11 is 0. The van der Waals surface area contributed by atoms with Gasteiger partial charge in [0, 0.05) is 32.1 Å². The highest BCUT2D eigenvalue weighted by atomic mass is 32.2. The van der Waals surface area contributed by atoms with Gasteiger partial charge in [0.1, 0.15) is 5.69 Å². The molecular weight excluding hydrogens is 482 g/mol. The lowest BCUT2D eigenvalue weighted by Crippen LogP contribution is -2.46. The van der Waals surface area contributed by atoms with E-state index >= 15 is 0 Å². The van der Waals surface area contributed by atoms with E-state index in [2.05, 4.69) is 10.4 Å². The average molecular weight is 510 g/mol. The van der Waals surface area contributed by atoms with E-state index in [-0.39, 0.29) is 47.8 Å². The number of carbonyl (C=O) groups excluding carboxylic acids is 3. The molecule has 1 aliphatic heterocycles. The summed E-state index contributed by atoms with van der Waals surface area (Å²) in [6, 6.07) is 8.69. The number of amides is 2. The molecule has 10 nitrogen and oxygen atoms in total. The van der Waals surface area contributed by atoms with Gasteiger partial charge in [-0.2, -0.15) is 10.4 Å². The minimum absolute atomic E-state index is 0.110. The van der Waals surface area contributed by atoms with Crippen molar-refractivity contribution in [1.82, 2.24) is 20.0 Å². The van der Waals surface area contributed by atoms with Gasteiger partial charge in [0.25, 0.3) is 11.8 Å². The van der Waals surface area contributed by atoms with Crippen LogP contribution in [0.4, 0.5) is 0 Å². The molecule has 2 aromatic rings. The molecule has 0 radical (unpaired) electrons. The molecule has 2 saturated carbocycles. The molecule has 2 amide bonds. The number of nitrogens with zero attached hydrogens (tertiary/aromatic N) is 4. The van der Waals surface area contributed by atoms with E-state index in [0.717, 1.165) is 5.56 Å². The minimum Gasteiger partial charge on any atom is -0.344 e. The van der Waals surface area contributed by atoms with Gasteiger partial charge in [0.05, 0.1) is 28.2 Å². The number of carbonyl (C=O) groups is 3. The standard InChI is InChI=1S/C25H27N5O5S/c1-29-22-20(8-11-30(24(22)33)15-25(9-10-25)36(34,35)19-6-7-19)21(28-29)23(32)27-14-18(31)12-16-2-4-17(13-26)5-3-16/h2-5,19H,6-12,14-15H2,1H3,(H,27,32). The van der Waals surface area contributed by atoms with Crippen LogP contribution in [0.15, 0.2) is 24.3 Å². The summed E-state index contributed by atoms with van der Waals surface area (Å²) in [5.41, 5.74) is 2.16. The molecule has 0 bridgehead atoms. The third-order valence-corrected chi connectivity index (χ3v) is 10.4. The SMILES string of the molecule is Cn1nc(C(=O)NCC(=O)Cc2ccc(C#N)cc2)c2c1C(=O)N(CC1(S(=O)(=O)C3CC3)CC1)CC2. The van der Waals surface area contributed by atoms with Crippen LogP contribution in [-0.4, -0.2) is 70.3 Å². The minimum atomic E-state index is -3.24. The van der Waals surface area contributed by atoms with Gasteiger partial charge in [-0.1, -0.05) is 12.1 Å². The van der Waals surface area contributed by atoms with Crippen molar-refractivity contribution < 1.29 is 22.8 Å². The fourth-order valence-corrected chi connectivity index (χ4v) is 7.38. The van der Waals surface area contributed by atoms with Crippen LogP contribution in [0.2, 0.25) is 0 Å². The highest BCUT2D eigenvalue weighted by Gasteiger charge is 2.60. The zero-order valence-corrected chi connectivity index (χ0v) is 20.8. The fourth-order valence-electron chi connectivity index (χ4n) is 4.91. The van der Waals surface area contributed by atoms with Gasteiger partial charge in [-0.25, -0.2) is 8.42 Å². The molecule has 0 saturated heterocycles. The van der Waals surface area contributed by atoms with Gasteiger partial charge >= 0.3 is 0 Å². The first-order chi connectivity index (χ1) is 17.1. The molecule has 1 aromatic carbocycles. The zero-order valence-electron chi connectivity index (χ0n) is 20.0. The molecule has 1 N–H and O–H groups in total. The van der Waals surface area contributed by atoms with Crippen molar-refractivity contribution in [3.8, 4) is 6.07 Å². The Morgan fingerprint density at radius 2 is 1.92 bits per heavy atom. The van der Waals surface area contributed by atoms with E-state index in [1.807, 2.05) is 6.07 Å². The monoisotopic (exact) mass is 509 g/mol. The summed E-state index contributed by atoms with van der Waals surface area (Å²) < 4.78 is 26.3. The smallest absolute Gasteiger partial charge is 0.272 e. The Labute approximate surface area is 209 Å². The summed E-state index contributed by atoms with van der Waals surface area (Å²) in [4.78, 5) is 40.0. The van der Waals surface area contributed by atoms with Crippen molar-refractivity contribution in [2.75, 3.05) is 19.6 Å². The number of nitriles is 1. The van der Waals surface area contributed by atoms with Crippen LogP contribution in [0.1, 0.15) is 63.4 Å². The average Bonchev–Trinajstić information content (AvgIpc) is 3.78. The lowest BCUT2D eigenvalue weighted by molar-refractivity contribution is -0.117. The van der Waals surface area contributed by atoms with Crippen molar-refractivity contribution in [1.29, 1.82) is 5.26 Å². The molecule has 0 spiro atoms.